The fourth-order valence-electron chi connectivity index (χ4n) is 6.11. The third-order valence-electron chi connectivity index (χ3n) is 8.05. The molecular weight excluding hydrogens is 509 g/mol. The first kappa shape index (κ1) is 25.1. The summed E-state index contributed by atoms with van der Waals surface area (Å²) in [6, 6.07) is 9.97. The molecule has 0 radical (unpaired) electrons. The number of hydrogen-bond acceptors (Lipinski definition) is 6. The van der Waals surface area contributed by atoms with Gasteiger partial charge in [-0.15, -0.1) is 11.3 Å². The predicted molar refractivity (Wildman–Crippen MR) is 143 cm³/mol. The first-order chi connectivity index (χ1) is 18.2. The molecule has 0 bridgehead atoms. The number of nitrogens with one attached hydrogen (secondary N) is 1. The molecule has 0 spiro atoms. The van der Waals surface area contributed by atoms with Crippen molar-refractivity contribution in [2.24, 2.45) is 11.8 Å². The molecule has 6 nitrogen and oxygen atoms in total. The molecule has 2 aliphatic rings. The summed E-state index contributed by atoms with van der Waals surface area (Å²) < 4.78 is 39.2. The molecule has 1 N–H and O–H groups in total. The van der Waals surface area contributed by atoms with Crippen molar-refractivity contribution >= 4 is 38.3 Å². The van der Waals surface area contributed by atoms with Crippen LogP contribution in [-0.2, 0) is 19.4 Å². The van der Waals surface area contributed by atoms with E-state index in [1.54, 1.807) is 6.07 Å². The number of nitriles is 1. The normalized spacial score (nSPS) is 20.4. The van der Waals surface area contributed by atoms with Gasteiger partial charge in [-0.2, -0.15) is 18.4 Å². The Morgan fingerprint density at radius 2 is 1.95 bits per heavy atom. The molecule has 6 rings (SSSR count). The molecule has 5 heterocycles. The summed E-state index contributed by atoms with van der Waals surface area (Å²) in [6.07, 6.45) is -3.44. The number of rotatable bonds is 5. The lowest BCUT2D eigenvalue weighted by Gasteiger charge is -2.34. The lowest BCUT2D eigenvalue weighted by atomic mass is 9.88. The number of H-pyrrole nitrogens is 1. The minimum Gasteiger partial charge on any atom is -0.355 e. The van der Waals surface area contributed by atoms with Crippen LogP contribution in [0.1, 0.15) is 40.9 Å². The largest absolute Gasteiger partial charge is 0.393 e. The van der Waals surface area contributed by atoms with Crippen molar-refractivity contribution in [1.82, 2.24) is 19.9 Å². The maximum absolute atomic E-state index is 13.1. The van der Waals surface area contributed by atoms with Gasteiger partial charge in [-0.1, -0.05) is 13.0 Å². The van der Waals surface area contributed by atoms with E-state index >= 15 is 0 Å². The predicted octanol–water partition coefficient (Wildman–Crippen LogP) is 5.98. The smallest absolute Gasteiger partial charge is 0.355 e. The van der Waals surface area contributed by atoms with Gasteiger partial charge in [-0.25, -0.2) is 9.97 Å². The van der Waals surface area contributed by atoms with E-state index in [4.69, 9.17) is 4.98 Å². The van der Waals surface area contributed by atoms with Gasteiger partial charge in [0.05, 0.1) is 11.8 Å². The number of benzene rings is 1. The van der Waals surface area contributed by atoms with Gasteiger partial charge >= 0.3 is 6.18 Å². The highest BCUT2D eigenvalue weighted by Gasteiger charge is 2.38. The highest BCUT2D eigenvalue weighted by Crippen LogP contribution is 2.39. The number of aromatic amines is 1. The number of anilines is 1. The number of thiophene rings is 1. The Hall–Kier alpha value is -3.16. The molecule has 198 valence electrons. The summed E-state index contributed by atoms with van der Waals surface area (Å²) in [5.41, 5.74) is 4.04. The molecule has 0 amide bonds. The summed E-state index contributed by atoms with van der Waals surface area (Å²) in [5, 5.41) is 11.1. The lowest BCUT2D eigenvalue weighted by Crippen LogP contribution is -2.39. The van der Waals surface area contributed by atoms with Crippen molar-refractivity contribution in [3.63, 3.8) is 0 Å². The number of aromatic nitrogens is 3. The first-order valence-corrected chi connectivity index (χ1v) is 13.9. The zero-order chi connectivity index (χ0) is 26.6. The average molecular weight is 539 g/mol. The summed E-state index contributed by atoms with van der Waals surface area (Å²) in [6.45, 7) is 8.68. The SMILES string of the molecule is CCc1nc(N2CC3CCN(Cc4ccc5[nH]c(C#N)cc5c4C)CC3C2)c2cc(CC(F)(F)F)sc2n1. The molecular formula is C28H29F3N6S. The fraction of sp³-hybridized carbons (Fsp3) is 0.464. The molecule has 38 heavy (non-hydrogen) atoms. The zero-order valence-corrected chi connectivity index (χ0v) is 22.2. The van der Waals surface area contributed by atoms with Crippen molar-refractivity contribution in [3.8, 4) is 6.07 Å². The highest BCUT2D eigenvalue weighted by molar-refractivity contribution is 7.18. The van der Waals surface area contributed by atoms with Gasteiger partial charge < -0.3 is 9.88 Å². The summed E-state index contributed by atoms with van der Waals surface area (Å²) in [7, 11) is 0. The van der Waals surface area contributed by atoms with E-state index in [-0.39, 0.29) is 4.88 Å². The van der Waals surface area contributed by atoms with E-state index in [0.717, 1.165) is 72.6 Å². The van der Waals surface area contributed by atoms with Crippen LogP contribution >= 0.6 is 11.3 Å². The molecule has 4 aromatic rings. The summed E-state index contributed by atoms with van der Waals surface area (Å²) in [5.74, 6) is 2.49. The van der Waals surface area contributed by atoms with Crippen molar-refractivity contribution in [2.75, 3.05) is 31.1 Å². The average Bonchev–Trinajstić information content (AvgIpc) is 3.59. The fourth-order valence-corrected chi connectivity index (χ4v) is 7.18. The van der Waals surface area contributed by atoms with E-state index in [0.29, 0.717) is 34.6 Å². The summed E-state index contributed by atoms with van der Waals surface area (Å²) in [4.78, 5) is 18.2. The minimum absolute atomic E-state index is 0.288. The maximum Gasteiger partial charge on any atom is 0.393 e. The van der Waals surface area contributed by atoms with Gasteiger partial charge in [0.15, 0.2) is 0 Å². The van der Waals surface area contributed by atoms with Crippen LogP contribution in [0.3, 0.4) is 0 Å². The van der Waals surface area contributed by atoms with Crippen LogP contribution in [0.25, 0.3) is 21.1 Å². The number of nitrogens with zero attached hydrogens (tertiary/aromatic N) is 5. The standard InChI is InChI=1S/C28H29F3N6S/c1-3-25-34-26(23-9-21(10-28(29,30)31)38-27(23)35-25)37-14-18-6-7-36(13-19(18)15-37)12-17-4-5-24-22(16(17)2)8-20(11-32)33-24/h4-5,8-9,18-19,33H,3,6-7,10,12-15H2,1-2H3. The van der Waals surface area contributed by atoms with Crippen LogP contribution < -0.4 is 4.90 Å². The maximum atomic E-state index is 13.1. The van der Waals surface area contributed by atoms with E-state index < -0.39 is 12.6 Å². The molecule has 2 fully saturated rings. The second kappa shape index (κ2) is 9.54. The van der Waals surface area contributed by atoms with Crippen LogP contribution in [0.2, 0.25) is 0 Å². The number of aryl methyl sites for hydroxylation is 2. The molecule has 10 heteroatoms. The molecule has 3 aromatic heterocycles. The van der Waals surface area contributed by atoms with Crippen molar-refractivity contribution in [2.45, 2.75) is 45.8 Å². The lowest BCUT2D eigenvalue weighted by molar-refractivity contribution is -0.126. The molecule has 2 saturated heterocycles. The number of likely N-dealkylation sites (tertiary alicyclic amines) is 1. The molecule has 2 unspecified atom stereocenters. The van der Waals surface area contributed by atoms with E-state index in [9.17, 15) is 18.4 Å². The van der Waals surface area contributed by atoms with Gasteiger partial charge in [0.2, 0.25) is 0 Å². The second-order valence-electron chi connectivity index (χ2n) is 10.6. The Bertz CT molecular complexity index is 1550. The van der Waals surface area contributed by atoms with Gasteiger partial charge in [0.25, 0.3) is 0 Å². The summed E-state index contributed by atoms with van der Waals surface area (Å²) >= 11 is 1.13. The highest BCUT2D eigenvalue weighted by atomic mass is 32.1. The van der Waals surface area contributed by atoms with Crippen LogP contribution in [0.5, 0.6) is 0 Å². The van der Waals surface area contributed by atoms with Crippen LogP contribution in [0, 0.1) is 30.1 Å². The third kappa shape index (κ3) is 4.74. The van der Waals surface area contributed by atoms with Gasteiger partial charge in [0, 0.05) is 48.4 Å². The van der Waals surface area contributed by atoms with E-state index in [1.165, 1.54) is 11.1 Å². The number of alkyl halides is 3. The van der Waals surface area contributed by atoms with Gasteiger partial charge in [0.1, 0.15) is 28.2 Å². The molecule has 0 saturated carbocycles. The Kier molecular flexibility index (Phi) is 6.31. The number of piperidine rings is 1. The zero-order valence-electron chi connectivity index (χ0n) is 21.4. The Morgan fingerprint density at radius 1 is 1.13 bits per heavy atom. The van der Waals surface area contributed by atoms with Crippen LogP contribution in [0.15, 0.2) is 24.3 Å². The minimum atomic E-state index is -4.24. The van der Waals surface area contributed by atoms with E-state index in [1.807, 2.05) is 13.0 Å². The number of halogens is 3. The molecule has 0 aliphatic carbocycles. The van der Waals surface area contributed by atoms with E-state index in [2.05, 4.69) is 44.9 Å². The number of fused-ring (bicyclic) bond motifs is 3. The number of hydrogen-bond donors (Lipinski definition) is 1. The molecule has 2 aliphatic heterocycles. The Balaban J connectivity index is 1.21. The Labute approximate surface area is 223 Å². The van der Waals surface area contributed by atoms with Crippen LogP contribution in [-0.4, -0.2) is 52.2 Å². The van der Waals surface area contributed by atoms with Crippen LogP contribution in [0.4, 0.5) is 19.0 Å². The van der Waals surface area contributed by atoms with Crippen molar-refractivity contribution < 1.29 is 13.2 Å². The van der Waals surface area contributed by atoms with Gasteiger partial charge in [-0.05, 0) is 61.1 Å². The first-order valence-electron chi connectivity index (χ1n) is 13.1. The van der Waals surface area contributed by atoms with Crippen molar-refractivity contribution in [1.29, 1.82) is 5.26 Å². The molecule has 1 aromatic carbocycles. The second-order valence-corrected chi connectivity index (χ2v) is 11.7. The topological polar surface area (TPSA) is 71.8 Å². The monoisotopic (exact) mass is 538 g/mol. The Morgan fingerprint density at radius 3 is 2.71 bits per heavy atom. The van der Waals surface area contributed by atoms with Crippen molar-refractivity contribution in [3.05, 3.63) is 51.8 Å². The van der Waals surface area contributed by atoms with Gasteiger partial charge in [-0.3, -0.25) is 4.90 Å². The molecule has 2 atom stereocenters. The quantitative estimate of drug-likeness (QED) is 0.339. The third-order valence-corrected chi connectivity index (χ3v) is 9.07.